The molecule has 3 nitrogen and oxygen atoms in total. The number of hydrogen-bond donors (Lipinski definition) is 2. The number of benzene rings is 1. The van der Waals surface area contributed by atoms with Crippen molar-refractivity contribution in [2.75, 3.05) is 6.54 Å². The molecule has 2 aromatic rings. The number of nitrogens with one attached hydrogen (secondary N) is 1. The van der Waals surface area contributed by atoms with E-state index < -0.39 is 6.10 Å². The first kappa shape index (κ1) is 14.1. The Kier molecular flexibility index (Phi) is 4.96. The van der Waals surface area contributed by atoms with Crippen molar-refractivity contribution in [2.24, 2.45) is 0 Å². The summed E-state index contributed by atoms with van der Waals surface area (Å²) in [5.41, 5.74) is 0.785. The Morgan fingerprint density at radius 2 is 2.11 bits per heavy atom. The van der Waals surface area contributed by atoms with Crippen LogP contribution in [0.4, 0.5) is 0 Å². The topological polar surface area (TPSA) is 49.3 Å². The van der Waals surface area contributed by atoms with Crippen molar-refractivity contribution >= 4 is 28.8 Å². The van der Waals surface area contributed by atoms with Crippen molar-refractivity contribution in [2.45, 2.75) is 12.5 Å². The molecule has 0 fully saturated rings. The first-order chi connectivity index (χ1) is 9.16. The zero-order valence-corrected chi connectivity index (χ0v) is 11.7. The first-order valence-corrected chi connectivity index (χ1v) is 7.14. The van der Waals surface area contributed by atoms with Gasteiger partial charge in [0.15, 0.2) is 0 Å². The molecule has 1 aromatic heterocycles. The van der Waals surface area contributed by atoms with Gasteiger partial charge in [0, 0.05) is 16.4 Å². The third kappa shape index (κ3) is 4.06. The van der Waals surface area contributed by atoms with E-state index in [1.54, 1.807) is 6.07 Å². The summed E-state index contributed by atoms with van der Waals surface area (Å²) < 4.78 is 0. The predicted octanol–water partition coefficient (Wildman–Crippen LogP) is 2.79. The summed E-state index contributed by atoms with van der Waals surface area (Å²) in [4.78, 5) is 12.6. The van der Waals surface area contributed by atoms with Crippen molar-refractivity contribution in [1.29, 1.82) is 0 Å². The number of thiophene rings is 1. The van der Waals surface area contributed by atoms with Gasteiger partial charge in [0.05, 0.1) is 6.42 Å². The Bertz CT molecular complexity index is 542. The lowest BCUT2D eigenvalue weighted by atomic mass is 10.1. The highest BCUT2D eigenvalue weighted by atomic mass is 35.5. The molecule has 0 spiro atoms. The predicted molar refractivity (Wildman–Crippen MR) is 77.4 cm³/mol. The van der Waals surface area contributed by atoms with Gasteiger partial charge in [0.2, 0.25) is 5.91 Å². The van der Waals surface area contributed by atoms with Crippen LogP contribution in [-0.2, 0) is 11.2 Å². The Balaban J connectivity index is 1.84. The van der Waals surface area contributed by atoms with Crippen LogP contribution in [0.15, 0.2) is 41.8 Å². The number of hydrogen-bond acceptors (Lipinski definition) is 3. The minimum Gasteiger partial charge on any atom is -0.386 e. The van der Waals surface area contributed by atoms with E-state index in [-0.39, 0.29) is 18.9 Å². The fourth-order valence-corrected chi connectivity index (χ4v) is 2.58. The third-order valence-electron chi connectivity index (χ3n) is 2.67. The maximum atomic E-state index is 11.8. The highest BCUT2D eigenvalue weighted by Crippen LogP contribution is 2.18. The summed E-state index contributed by atoms with van der Waals surface area (Å²) in [5, 5.41) is 15.0. The van der Waals surface area contributed by atoms with Crippen LogP contribution in [0.25, 0.3) is 0 Å². The summed E-state index contributed by atoms with van der Waals surface area (Å²) in [6.07, 6.45) is -0.438. The molecule has 2 N–H and O–H groups in total. The van der Waals surface area contributed by atoms with Gasteiger partial charge in [0.25, 0.3) is 0 Å². The zero-order chi connectivity index (χ0) is 13.7. The molecule has 0 saturated carbocycles. The molecule has 2 rings (SSSR count). The number of halogens is 1. The molecule has 1 unspecified atom stereocenters. The molecule has 0 saturated heterocycles. The normalized spacial score (nSPS) is 12.1. The van der Waals surface area contributed by atoms with E-state index >= 15 is 0 Å². The van der Waals surface area contributed by atoms with Gasteiger partial charge >= 0.3 is 0 Å². The molecule has 100 valence electrons. The molecule has 0 aliphatic heterocycles. The van der Waals surface area contributed by atoms with Crippen LogP contribution in [0.2, 0.25) is 5.02 Å². The summed E-state index contributed by atoms with van der Waals surface area (Å²) in [5.74, 6) is -0.149. The van der Waals surface area contributed by atoms with E-state index in [0.29, 0.717) is 5.02 Å². The Morgan fingerprint density at radius 3 is 2.79 bits per heavy atom. The summed E-state index contributed by atoms with van der Waals surface area (Å²) in [6, 6.07) is 11.0. The van der Waals surface area contributed by atoms with Gasteiger partial charge in [-0.25, -0.2) is 0 Å². The van der Waals surface area contributed by atoms with Gasteiger partial charge < -0.3 is 10.4 Å². The van der Waals surface area contributed by atoms with E-state index in [9.17, 15) is 9.90 Å². The molecule has 1 heterocycles. The Labute approximate surface area is 120 Å². The SMILES string of the molecule is O=C(Cc1ccccc1Cl)NCC(O)c1cccs1. The fraction of sp³-hybridized carbons (Fsp3) is 0.214. The number of carbonyl (C=O) groups is 1. The second-order valence-corrected chi connectivity index (χ2v) is 5.49. The zero-order valence-electron chi connectivity index (χ0n) is 10.2. The summed E-state index contributed by atoms with van der Waals surface area (Å²) in [7, 11) is 0. The molecule has 0 aliphatic carbocycles. The van der Waals surface area contributed by atoms with E-state index in [1.807, 2.05) is 35.7 Å². The van der Waals surface area contributed by atoms with E-state index in [1.165, 1.54) is 11.3 Å². The maximum Gasteiger partial charge on any atom is 0.224 e. The number of aliphatic hydroxyl groups is 1. The minimum atomic E-state index is -0.657. The molecule has 19 heavy (non-hydrogen) atoms. The molecule has 1 amide bonds. The molecule has 0 bridgehead atoms. The Morgan fingerprint density at radius 1 is 1.32 bits per heavy atom. The first-order valence-electron chi connectivity index (χ1n) is 5.88. The van der Waals surface area contributed by atoms with Crippen LogP contribution < -0.4 is 5.32 Å². The summed E-state index contributed by atoms with van der Waals surface area (Å²) >= 11 is 7.45. The number of rotatable bonds is 5. The van der Waals surface area contributed by atoms with E-state index in [2.05, 4.69) is 5.32 Å². The quantitative estimate of drug-likeness (QED) is 0.891. The molecule has 0 radical (unpaired) electrons. The van der Waals surface area contributed by atoms with E-state index in [4.69, 9.17) is 11.6 Å². The van der Waals surface area contributed by atoms with Crippen LogP contribution >= 0.6 is 22.9 Å². The van der Waals surface area contributed by atoms with Crippen LogP contribution in [-0.4, -0.2) is 17.6 Å². The van der Waals surface area contributed by atoms with Gasteiger partial charge in [-0.2, -0.15) is 0 Å². The number of aliphatic hydroxyl groups excluding tert-OH is 1. The second kappa shape index (κ2) is 6.70. The molecule has 1 aromatic carbocycles. The van der Waals surface area contributed by atoms with E-state index in [0.717, 1.165) is 10.4 Å². The lowest BCUT2D eigenvalue weighted by Crippen LogP contribution is -2.29. The highest BCUT2D eigenvalue weighted by molar-refractivity contribution is 7.10. The number of amides is 1. The molecule has 5 heteroatoms. The van der Waals surface area contributed by atoms with Crippen molar-refractivity contribution in [3.63, 3.8) is 0 Å². The maximum absolute atomic E-state index is 11.8. The molecule has 0 aliphatic rings. The lowest BCUT2D eigenvalue weighted by molar-refractivity contribution is -0.120. The van der Waals surface area contributed by atoms with Gasteiger partial charge in [-0.05, 0) is 23.1 Å². The highest BCUT2D eigenvalue weighted by Gasteiger charge is 2.11. The Hall–Kier alpha value is -1.36. The second-order valence-electron chi connectivity index (χ2n) is 4.10. The van der Waals surface area contributed by atoms with Crippen LogP contribution in [0.5, 0.6) is 0 Å². The standard InChI is InChI=1S/C14H14ClNO2S/c15-11-5-2-1-4-10(11)8-14(18)16-9-12(17)13-6-3-7-19-13/h1-7,12,17H,8-9H2,(H,16,18). The monoisotopic (exact) mass is 295 g/mol. The minimum absolute atomic E-state index is 0.149. The average molecular weight is 296 g/mol. The fourth-order valence-electron chi connectivity index (χ4n) is 1.67. The van der Waals surface area contributed by atoms with Crippen molar-refractivity contribution in [3.8, 4) is 0 Å². The van der Waals surface area contributed by atoms with Gasteiger partial charge in [-0.15, -0.1) is 11.3 Å². The van der Waals surface area contributed by atoms with Crippen LogP contribution in [0.3, 0.4) is 0 Å². The summed E-state index contributed by atoms with van der Waals surface area (Å²) in [6.45, 7) is 0.212. The van der Waals surface area contributed by atoms with Gasteiger partial charge in [-0.1, -0.05) is 35.9 Å². The van der Waals surface area contributed by atoms with Gasteiger partial charge in [0.1, 0.15) is 6.10 Å². The van der Waals surface area contributed by atoms with Crippen LogP contribution in [0.1, 0.15) is 16.5 Å². The van der Waals surface area contributed by atoms with Crippen molar-refractivity contribution in [3.05, 3.63) is 57.2 Å². The molecular formula is C14H14ClNO2S. The van der Waals surface area contributed by atoms with Crippen LogP contribution in [0, 0.1) is 0 Å². The van der Waals surface area contributed by atoms with Crippen molar-refractivity contribution < 1.29 is 9.90 Å². The average Bonchev–Trinajstić information content (AvgIpc) is 2.93. The smallest absolute Gasteiger partial charge is 0.224 e. The largest absolute Gasteiger partial charge is 0.386 e. The molecule has 1 atom stereocenters. The third-order valence-corrected chi connectivity index (χ3v) is 4.02. The molecular weight excluding hydrogens is 282 g/mol. The van der Waals surface area contributed by atoms with Crippen molar-refractivity contribution in [1.82, 2.24) is 5.32 Å². The number of carbonyl (C=O) groups excluding carboxylic acids is 1. The lowest BCUT2D eigenvalue weighted by Gasteiger charge is -2.10. The van der Waals surface area contributed by atoms with Gasteiger partial charge in [-0.3, -0.25) is 4.79 Å².